The predicted molar refractivity (Wildman–Crippen MR) is 69.5 cm³/mol. The highest BCUT2D eigenvalue weighted by atomic mass is 16.2. The molecule has 1 N–H and O–H groups in total. The smallest absolute Gasteiger partial charge is 0.376 e. The molecule has 5 heteroatoms. The van der Waals surface area contributed by atoms with Crippen LogP contribution in [-0.2, 0) is 0 Å². The van der Waals surface area contributed by atoms with Crippen LogP contribution in [0.4, 0.5) is 5.69 Å². The fraction of sp³-hybridized carbons (Fsp3) is 0.417. The van der Waals surface area contributed by atoms with Crippen molar-refractivity contribution in [3.05, 3.63) is 29.8 Å². The van der Waals surface area contributed by atoms with Crippen molar-refractivity contribution < 1.29 is 9.82 Å². The highest BCUT2D eigenvalue weighted by Gasteiger charge is 2.22. The average Bonchev–Trinajstić information content (AvgIpc) is 2.39. The molecular formula is C12H17BN2O2. The van der Waals surface area contributed by atoms with Crippen molar-refractivity contribution in [2.45, 2.75) is 6.82 Å². The first-order valence-corrected chi connectivity index (χ1v) is 5.93. The van der Waals surface area contributed by atoms with E-state index >= 15 is 0 Å². The van der Waals surface area contributed by atoms with Gasteiger partial charge < -0.3 is 14.7 Å². The van der Waals surface area contributed by atoms with Crippen molar-refractivity contribution in [1.29, 1.82) is 0 Å². The second kappa shape index (κ2) is 5.34. The monoisotopic (exact) mass is 232 g/mol. The number of piperazine rings is 1. The molecule has 0 spiro atoms. The molecule has 0 radical (unpaired) electrons. The molecule has 0 aliphatic carbocycles. The van der Waals surface area contributed by atoms with Gasteiger partial charge in [0.1, 0.15) is 6.29 Å². The minimum atomic E-state index is -0.366. The van der Waals surface area contributed by atoms with E-state index in [-0.39, 0.29) is 7.05 Å². The Hall–Kier alpha value is -1.33. The van der Waals surface area contributed by atoms with Gasteiger partial charge in [0.2, 0.25) is 0 Å². The lowest BCUT2D eigenvalue weighted by Gasteiger charge is -2.36. The van der Waals surface area contributed by atoms with Gasteiger partial charge in [0.25, 0.3) is 0 Å². The zero-order chi connectivity index (χ0) is 12.3. The Morgan fingerprint density at radius 1 is 1.18 bits per heavy atom. The van der Waals surface area contributed by atoms with Crippen molar-refractivity contribution in [3.63, 3.8) is 0 Å². The Balaban J connectivity index is 1.97. The molecule has 1 aliphatic rings. The number of anilines is 1. The largest absolute Gasteiger partial charge is 0.437 e. The summed E-state index contributed by atoms with van der Waals surface area (Å²) in [6.07, 6.45) is 0.856. The number of carbonyl (C=O) groups is 1. The van der Waals surface area contributed by atoms with Crippen LogP contribution in [0.3, 0.4) is 0 Å². The quantitative estimate of drug-likeness (QED) is 0.616. The lowest BCUT2D eigenvalue weighted by Crippen LogP contribution is -2.51. The number of nitrogens with zero attached hydrogens (tertiary/aromatic N) is 2. The lowest BCUT2D eigenvalue weighted by atomic mass is 9.84. The van der Waals surface area contributed by atoms with Crippen molar-refractivity contribution in [1.82, 2.24) is 4.81 Å². The fourth-order valence-corrected chi connectivity index (χ4v) is 2.12. The third-order valence-corrected chi connectivity index (χ3v) is 3.24. The summed E-state index contributed by atoms with van der Waals surface area (Å²) in [5.41, 5.74) is 1.84. The van der Waals surface area contributed by atoms with Crippen molar-refractivity contribution in [3.8, 4) is 0 Å². The first kappa shape index (κ1) is 12.1. The highest BCUT2D eigenvalue weighted by Crippen LogP contribution is 2.16. The minimum absolute atomic E-state index is 0.366. The molecule has 1 aromatic carbocycles. The molecule has 0 aromatic heterocycles. The van der Waals surface area contributed by atoms with Crippen LogP contribution < -0.4 is 4.90 Å². The third kappa shape index (κ3) is 2.87. The van der Waals surface area contributed by atoms with Gasteiger partial charge in [0.05, 0.1) is 0 Å². The van der Waals surface area contributed by atoms with E-state index in [1.54, 1.807) is 6.82 Å². The zero-order valence-corrected chi connectivity index (χ0v) is 10.0. The highest BCUT2D eigenvalue weighted by molar-refractivity contribution is 6.45. The molecule has 1 aromatic rings. The van der Waals surface area contributed by atoms with E-state index in [2.05, 4.69) is 9.71 Å². The molecule has 90 valence electrons. The zero-order valence-electron chi connectivity index (χ0n) is 10.0. The van der Waals surface area contributed by atoms with Crippen molar-refractivity contribution in [2.24, 2.45) is 0 Å². The van der Waals surface area contributed by atoms with E-state index in [9.17, 15) is 9.82 Å². The van der Waals surface area contributed by atoms with Gasteiger partial charge in [-0.25, -0.2) is 0 Å². The molecule has 0 atom stereocenters. The van der Waals surface area contributed by atoms with Crippen LogP contribution in [0.15, 0.2) is 24.3 Å². The Labute approximate surface area is 102 Å². The predicted octanol–water partition coefficient (Wildman–Crippen LogP) is 0.731. The van der Waals surface area contributed by atoms with Gasteiger partial charge in [-0.15, -0.1) is 0 Å². The minimum Gasteiger partial charge on any atom is -0.437 e. The molecule has 2 rings (SSSR count). The summed E-state index contributed by atoms with van der Waals surface area (Å²) < 4.78 is 0. The van der Waals surface area contributed by atoms with E-state index in [1.165, 1.54) is 0 Å². The third-order valence-electron chi connectivity index (χ3n) is 3.24. The molecule has 0 bridgehead atoms. The van der Waals surface area contributed by atoms with Crippen LogP contribution >= 0.6 is 0 Å². The van der Waals surface area contributed by atoms with Gasteiger partial charge in [-0.2, -0.15) is 0 Å². The molecule has 0 saturated carbocycles. The molecule has 0 unspecified atom stereocenters. The summed E-state index contributed by atoms with van der Waals surface area (Å²) in [5, 5.41) is 9.47. The second-order valence-corrected chi connectivity index (χ2v) is 4.36. The summed E-state index contributed by atoms with van der Waals surface area (Å²) in [6, 6.07) is 7.62. The Bertz CT molecular complexity index is 373. The van der Waals surface area contributed by atoms with E-state index in [1.807, 2.05) is 24.3 Å². The van der Waals surface area contributed by atoms with Gasteiger partial charge in [-0.3, -0.25) is 4.79 Å². The first-order chi connectivity index (χ1) is 8.20. The number of benzene rings is 1. The molecular weight excluding hydrogens is 215 g/mol. The SMILES string of the molecule is CB(O)N1CCN(c2ccc(C=O)cc2)CC1. The normalized spacial score (nSPS) is 16.9. The molecule has 1 aliphatic heterocycles. The number of hydrogen-bond donors (Lipinski definition) is 1. The maximum absolute atomic E-state index is 10.6. The van der Waals surface area contributed by atoms with Crippen molar-refractivity contribution >= 4 is 19.0 Å². The van der Waals surface area contributed by atoms with Crippen LogP contribution in [0.25, 0.3) is 0 Å². The fourth-order valence-electron chi connectivity index (χ4n) is 2.12. The average molecular weight is 232 g/mol. The molecule has 1 heterocycles. The van der Waals surface area contributed by atoms with Gasteiger partial charge in [0.15, 0.2) is 0 Å². The number of carbonyl (C=O) groups excluding carboxylic acids is 1. The Morgan fingerprint density at radius 2 is 1.76 bits per heavy atom. The number of rotatable bonds is 3. The maximum atomic E-state index is 10.6. The molecule has 1 fully saturated rings. The van der Waals surface area contributed by atoms with Gasteiger partial charge >= 0.3 is 7.05 Å². The molecule has 17 heavy (non-hydrogen) atoms. The molecule has 0 amide bonds. The Kier molecular flexibility index (Phi) is 3.81. The van der Waals surface area contributed by atoms with Crippen LogP contribution in [0.5, 0.6) is 0 Å². The molecule has 1 saturated heterocycles. The first-order valence-electron chi connectivity index (χ1n) is 5.93. The maximum Gasteiger partial charge on any atom is 0.376 e. The van der Waals surface area contributed by atoms with Gasteiger partial charge in [0, 0.05) is 37.4 Å². The van der Waals surface area contributed by atoms with E-state index in [0.29, 0.717) is 5.56 Å². The number of hydrogen-bond acceptors (Lipinski definition) is 4. The van der Waals surface area contributed by atoms with Crippen LogP contribution in [-0.4, -0.2) is 49.4 Å². The standard InChI is InChI=1S/C12H17BN2O2/c1-13(17)15-8-6-14(7-9-15)12-4-2-11(10-16)3-5-12/h2-5,10,17H,6-9H2,1H3. The van der Waals surface area contributed by atoms with E-state index < -0.39 is 0 Å². The summed E-state index contributed by atoms with van der Waals surface area (Å²) >= 11 is 0. The van der Waals surface area contributed by atoms with E-state index in [4.69, 9.17) is 0 Å². The topological polar surface area (TPSA) is 43.8 Å². The van der Waals surface area contributed by atoms with Gasteiger partial charge in [-0.1, -0.05) is 0 Å². The van der Waals surface area contributed by atoms with Crippen molar-refractivity contribution in [2.75, 3.05) is 31.1 Å². The second-order valence-electron chi connectivity index (χ2n) is 4.36. The van der Waals surface area contributed by atoms with Crippen LogP contribution in [0, 0.1) is 0 Å². The van der Waals surface area contributed by atoms with Gasteiger partial charge in [-0.05, 0) is 31.1 Å². The summed E-state index contributed by atoms with van der Waals surface area (Å²) in [6.45, 7) is 5.35. The summed E-state index contributed by atoms with van der Waals surface area (Å²) in [5.74, 6) is 0. The van der Waals surface area contributed by atoms with Crippen LogP contribution in [0.2, 0.25) is 6.82 Å². The van der Waals surface area contributed by atoms with E-state index in [0.717, 1.165) is 38.2 Å². The van der Waals surface area contributed by atoms with Crippen LogP contribution in [0.1, 0.15) is 10.4 Å². The Morgan fingerprint density at radius 3 is 2.24 bits per heavy atom. The summed E-state index contributed by atoms with van der Waals surface area (Å²) in [4.78, 5) is 14.9. The lowest BCUT2D eigenvalue weighted by molar-refractivity contribution is 0.112. The summed E-state index contributed by atoms with van der Waals surface area (Å²) in [7, 11) is -0.366. The molecule has 4 nitrogen and oxygen atoms in total. The number of aldehydes is 1.